The van der Waals surface area contributed by atoms with Gasteiger partial charge in [0.25, 0.3) is 0 Å². The van der Waals surface area contributed by atoms with Crippen LogP contribution in [-0.2, 0) is 0 Å². The Morgan fingerprint density at radius 1 is 1.29 bits per heavy atom. The van der Waals surface area contributed by atoms with Gasteiger partial charge in [-0.2, -0.15) is 0 Å². The highest BCUT2D eigenvalue weighted by atomic mass is 16.3. The zero-order valence-corrected chi connectivity index (χ0v) is 9.71. The smallest absolute Gasteiger partial charge is 0.0434 e. The minimum Gasteiger partial charge on any atom is -0.396 e. The summed E-state index contributed by atoms with van der Waals surface area (Å²) < 4.78 is 0. The van der Waals surface area contributed by atoms with Crippen molar-refractivity contribution in [3.05, 3.63) is 0 Å². The lowest BCUT2D eigenvalue weighted by Crippen LogP contribution is -2.48. The van der Waals surface area contributed by atoms with Crippen LogP contribution in [0.3, 0.4) is 0 Å². The van der Waals surface area contributed by atoms with Crippen LogP contribution in [0, 0.1) is 11.8 Å². The highest BCUT2D eigenvalue weighted by Gasteiger charge is 2.26. The van der Waals surface area contributed by atoms with E-state index in [1.54, 1.807) is 0 Å². The van der Waals surface area contributed by atoms with Gasteiger partial charge in [0.05, 0.1) is 0 Å². The van der Waals surface area contributed by atoms with Crippen molar-refractivity contribution in [1.82, 2.24) is 4.90 Å². The van der Waals surface area contributed by atoms with Crippen LogP contribution in [0.15, 0.2) is 0 Å². The van der Waals surface area contributed by atoms with Gasteiger partial charge in [0, 0.05) is 26.2 Å². The fraction of sp³-hybridized carbons (Fsp3) is 1.00. The van der Waals surface area contributed by atoms with Gasteiger partial charge in [-0.25, -0.2) is 0 Å². The average Bonchev–Trinajstić information content (AvgIpc) is 2.11. The maximum Gasteiger partial charge on any atom is 0.0434 e. The second kappa shape index (κ2) is 6.41. The molecule has 1 saturated heterocycles. The van der Waals surface area contributed by atoms with E-state index in [0.29, 0.717) is 6.61 Å². The van der Waals surface area contributed by atoms with Crippen molar-refractivity contribution in [2.45, 2.75) is 39.5 Å². The number of nitrogens with zero attached hydrogens (tertiary/aromatic N) is 1. The summed E-state index contributed by atoms with van der Waals surface area (Å²) in [5, 5.41) is 8.95. The van der Waals surface area contributed by atoms with Crippen LogP contribution in [0.1, 0.15) is 39.5 Å². The van der Waals surface area contributed by atoms with Crippen molar-refractivity contribution in [1.29, 1.82) is 0 Å². The molecule has 0 aromatic heterocycles. The first-order chi connectivity index (χ1) is 6.80. The Labute approximate surface area is 88.3 Å². The molecule has 84 valence electrons. The number of aliphatic hydroxyl groups excluding tert-OH is 1. The lowest BCUT2D eigenvalue weighted by molar-refractivity contribution is 0.0710. The molecule has 1 heterocycles. The van der Waals surface area contributed by atoms with Gasteiger partial charge in [-0.15, -0.1) is 0 Å². The van der Waals surface area contributed by atoms with E-state index in [9.17, 15) is 0 Å². The summed E-state index contributed by atoms with van der Waals surface area (Å²) in [7, 11) is 0. The van der Waals surface area contributed by atoms with Crippen LogP contribution >= 0.6 is 0 Å². The van der Waals surface area contributed by atoms with Crippen LogP contribution in [0.25, 0.3) is 0 Å². The molecule has 0 saturated carbocycles. The van der Waals surface area contributed by atoms with E-state index in [0.717, 1.165) is 18.3 Å². The first-order valence-corrected chi connectivity index (χ1v) is 6.13. The summed E-state index contributed by atoms with van der Waals surface area (Å²) >= 11 is 0. The Hall–Kier alpha value is -0.0800. The topological polar surface area (TPSA) is 23.5 Å². The predicted octanol–water partition coefficient (Wildman–Crippen LogP) is 2.13. The van der Waals surface area contributed by atoms with E-state index in [4.69, 9.17) is 5.11 Å². The zero-order chi connectivity index (χ0) is 10.4. The predicted molar refractivity (Wildman–Crippen MR) is 60.3 cm³/mol. The number of rotatable bonds is 7. The normalized spacial score (nSPS) is 20.8. The monoisotopic (exact) mass is 199 g/mol. The third-order valence-corrected chi connectivity index (χ3v) is 3.36. The third-order valence-electron chi connectivity index (χ3n) is 3.36. The molecule has 0 bridgehead atoms. The fourth-order valence-electron chi connectivity index (χ4n) is 2.37. The minimum atomic E-state index is 0.357. The molecular formula is C12H25NO. The Balaban J connectivity index is 2.13. The molecule has 0 spiro atoms. The van der Waals surface area contributed by atoms with E-state index < -0.39 is 0 Å². The quantitative estimate of drug-likeness (QED) is 0.679. The van der Waals surface area contributed by atoms with Gasteiger partial charge in [-0.05, 0) is 24.7 Å². The molecule has 0 aromatic carbocycles. The Morgan fingerprint density at radius 3 is 2.50 bits per heavy atom. The summed E-state index contributed by atoms with van der Waals surface area (Å²) in [6, 6.07) is 0. The molecule has 1 aliphatic rings. The lowest BCUT2D eigenvalue weighted by atomic mass is 9.93. The molecular weight excluding hydrogens is 174 g/mol. The van der Waals surface area contributed by atoms with Crippen molar-refractivity contribution in [2.24, 2.45) is 11.8 Å². The Kier molecular flexibility index (Phi) is 5.49. The van der Waals surface area contributed by atoms with Crippen molar-refractivity contribution in [3.63, 3.8) is 0 Å². The first kappa shape index (κ1) is 12.0. The van der Waals surface area contributed by atoms with E-state index in [1.165, 1.54) is 38.9 Å². The Morgan fingerprint density at radius 2 is 2.00 bits per heavy atom. The van der Waals surface area contributed by atoms with Crippen molar-refractivity contribution >= 4 is 0 Å². The van der Waals surface area contributed by atoms with Gasteiger partial charge in [0.15, 0.2) is 0 Å². The van der Waals surface area contributed by atoms with E-state index in [2.05, 4.69) is 18.7 Å². The second-order valence-electron chi connectivity index (χ2n) is 4.66. The van der Waals surface area contributed by atoms with Crippen molar-refractivity contribution < 1.29 is 5.11 Å². The van der Waals surface area contributed by atoms with Crippen molar-refractivity contribution in [3.8, 4) is 0 Å². The molecule has 1 aliphatic heterocycles. The number of hydrogen-bond acceptors (Lipinski definition) is 2. The molecule has 14 heavy (non-hydrogen) atoms. The van der Waals surface area contributed by atoms with E-state index >= 15 is 0 Å². The molecule has 1 unspecified atom stereocenters. The van der Waals surface area contributed by atoms with Crippen LogP contribution in [-0.4, -0.2) is 36.2 Å². The maximum absolute atomic E-state index is 8.95. The molecule has 0 amide bonds. The maximum atomic E-state index is 8.95. The first-order valence-electron chi connectivity index (χ1n) is 6.13. The zero-order valence-electron chi connectivity index (χ0n) is 9.71. The number of hydrogen-bond donors (Lipinski definition) is 1. The molecule has 0 aromatic rings. The Bertz CT molecular complexity index is 137. The largest absolute Gasteiger partial charge is 0.396 e. The summed E-state index contributed by atoms with van der Waals surface area (Å²) in [5.74, 6) is 1.68. The number of aliphatic hydroxyl groups is 1. The molecule has 2 heteroatoms. The minimum absolute atomic E-state index is 0.357. The highest BCUT2D eigenvalue weighted by molar-refractivity contribution is 4.80. The number of likely N-dealkylation sites (tertiary alicyclic amines) is 1. The van der Waals surface area contributed by atoms with Gasteiger partial charge in [-0.1, -0.05) is 26.7 Å². The van der Waals surface area contributed by atoms with Gasteiger partial charge in [0.2, 0.25) is 0 Å². The summed E-state index contributed by atoms with van der Waals surface area (Å²) in [6.45, 7) is 8.67. The van der Waals surface area contributed by atoms with E-state index in [-0.39, 0.29) is 0 Å². The summed E-state index contributed by atoms with van der Waals surface area (Å²) in [4.78, 5) is 2.55. The standard InChI is InChI=1S/C12H25NO/c1-3-5-12(6-7-14)10-13-8-11(4-2)9-13/h11-12,14H,3-10H2,1-2H3. The molecule has 0 aliphatic carbocycles. The third kappa shape index (κ3) is 3.58. The lowest BCUT2D eigenvalue weighted by Gasteiger charge is -2.40. The second-order valence-corrected chi connectivity index (χ2v) is 4.66. The van der Waals surface area contributed by atoms with Crippen LogP contribution < -0.4 is 0 Å². The van der Waals surface area contributed by atoms with Crippen LogP contribution in [0.4, 0.5) is 0 Å². The molecule has 1 N–H and O–H groups in total. The summed E-state index contributed by atoms with van der Waals surface area (Å²) in [5.41, 5.74) is 0. The molecule has 1 fully saturated rings. The highest BCUT2D eigenvalue weighted by Crippen LogP contribution is 2.22. The SMILES string of the molecule is CCCC(CCO)CN1CC(CC)C1. The molecule has 0 radical (unpaired) electrons. The van der Waals surface area contributed by atoms with Crippen LogP contribution in [0.5, 0.6) is 0 Å². The molecule has 2 nitrogen and oxygen atoms in total. The van der Waals surface area contributed by atoms with Crippen LogP contribution in [0.2, 0.25) is 0 Å². The van der Waals surface area contributed by atoms with Gasteiger partial charge >= 0.3 is 0 Å². The van der Waals surface area contributed by atoms with Gasteiger partial charge < -0.3 is 10.0 Å². The van der Waals surface area contributed by atoms with Gasteiger partial charge in [-0.3, -0.25) is 0 Å². The summed E-state index contributed by atoms with van der Waals surface area (Å²) in [6.07, 6.45) is 4.83. The fourth-order valence-corrected chi connectivity index (χ4v) is 2.37. The molecule has 1 atom stereocenters. The molecule has 1 rings (SSSR count). The van der Waals surface area contributed by atoms with Crippen molar-refractivity contribution in [2.75, 3.05) is 26.2 Å². The van der Waals surface area contributed by atoms with E-state index in [1.807, 2.05) is 0 Å². The van der Waals surface area contributed by atoms with Gasteiger partial charge in [0.1, 0.15) is 0 Å². The average molecular weight is 199 g/mol.